The second kappa shape index (κ2) is 7.33. The lowest BCUT2D eigenvalue weighted by molar-refractivity contribution is 0.0714. The van der Waals surface area contributed by atoms with Gasteiger partial charge in [-0.05, 0) is 19.1 Å². The summed E-state index contributed by atoms with van der Waals surface area (Å²) in [7, 11) is 0. The standard InChI is InChI=1S/C18H23N5O3/c1-14-13-16(20-18(19-14)23-8-11-25-12-9-23)21-4-6-22(7-5-21)17(24)15-3-2-10-26-15/h2-3,10,13H,4-9,11-12H2,1H3. The molecule has 0 aromatic carbocycles. The zero-order chi connectivity index (χ0) is 17.9. The van der Waals surface area contributed by atoms with E-state index < -0.39 is 0 Å². The molecule has 2 aromatic heterocycles. The summed E-state index contributed by atoms with van der Waals surface area (Å²) >= 11 is 0. The highest BCUT2D eigenvalue weighted by molar-refractivity contribution is 5.91. The first-order valence-corrected chi connectivity index (χ1v) is 8.97. The third kappa shape index (κ3) is 3.50. The molecule has 2 aromatic rings. The largest absolute Gasteiger partial charge is 0.459 e. The van der Waals surface area contributed by atoms with Gasteiger partial charge in [0, 0.05) is 51.0 Å². The highest BCUT2D eigenvalue weighted by Crippen LogP contribution is 2.20. The van der Waals surface area contributed by atoms with Crippen molar-refractivity contribution in [2.75, 3.05) is 62.3 Å². The van der Waals surface area contributed by atoms with Gasteiger partial charge in [0.25, 0.3) is 5.91 Å². The number of carbonyl (C=O) groups excluding carboxylic acids is 1. The van der Waals surface area contributed by atoms with Crippen LogP contribution in [0.4, 0.5) is 11.8 Å². The topological polar surface area (TPSA) is 74.9 Å². The van der Waals surface area contributed by atoms with E-state index in [0.717, 1.165) is 43.6 Å². The van der Waals surface area contributed by atoms with Crippen molar-refractivity contribution in [2.24, 2.45) is 0 Å². The van der Waals surface area contributed by atoms with E-state index in [1.54, 1.807) is 12.1 Å². The highest BCUT2D eigenvalue weighted by atomic mass is 16.5. The Labute approximate surface area is 152 Å². The summed E-state index contributed by atoms with van der Waals surface area (Å²) in [6, 6.07) is 5.45. The second-order valence-corrected chi connectivity index (χ2v) is 6.52. The fourth-order valence-corrected chi connectivity index (χ4v) is 3.30. The Morgan fingerprint density at radius 3 is 2.50 bits per heavy atom. The summed E-state index contributed by atoms with van der Waals surface area (Å²) in [5.41, 5.74) is 0.950. The second-order valence-electron chi connectivity index (χ2n) is 6.52. The molecule has 2 aliphatic rings. The lowest BCUT2D eigenvalue weighted by Crippen LogP contribution is -2.49. The van der Waals surface area contributed by atoms with Gasteiger partial charge in [0.05, 0.1) is 19.5 Å². The lowest BCUT2D eigenvalue weighted by Gasteiger charge is -2.35. The third-order valence-electron chi connectivity index (χ3n) is 4.75. The number of carbonyl (C=O) groups is 1. The average Bonchev–Trinajstić information content (AvgIpc) is 3.22. The summed E-state index contributed by atoms with van der Waals surface area (Å²) in [6.07, 6.45) is 1.53. The third-order valence-corrected chi connectivity index (χ3v) is 4.75. The molecule has 2 aliphatic heterocycles. The van der Waals surface area contributed by atoms with Crippen LogP contribution in [0.25, 0.3) is 0 Å². The van der Waals surface area contributed by atoms with E-state index in [4.69, 9.17) is 14.1 Å². The van der Waals surface area contributed by atoms with Gasteiger partial charge in [0.2, 0.25) is 5.95 Å². The monoisotopic (exact) mass is 357 g/mol. The molecule has 0 atom stereocenters. The van der Waals surface area contributed by atoms with Gasteiger partial charge in [0.1, 0.15) is 5.82 Å². The lowest BCUT2D eigenvalue weighted by atomic mass is 10.2. The minimum Gasteiger partial charge on any atom is -0.459 e. The minimum atomic E-state index is -0.0532. The predicted octanol–water partition coefficient (Wildman–Crippen LogP) is 1.18. The molecule has 0 spiro atoms. The Kier molecular flexibility index (Phi) is 4.75. The molecule has 0 bridgehead atoms. The van der Waals surface area contributed by atoms with Crippen LogP contribution in [0, 0.1) is 6.92 Å². The number of anilines is 2. The molecule has 0 saturated carbocycles. The molecule has 2 saturated heterocycles. The minimum absolute atomic E-state index is 0.0532. The van der Waals surface area contributed by atoms with Crippen molar-refractivity contribution in [3.63, 3.8) is 0 Å². The van der Waals surface area contributed by atoms with Gasteiger partial charge in [-0.15, -0.1) is 0 Å². The highest BCUT2D eigenvalue weighted by Gasteiger charge is 2.25. The van der Waals surface area contributed by atoms with Crippen molar-refractivity contribution in [3.8, 4) is 0 Å². The van der Waals surface area contributed by atoms with Crippen LogP contribution < -0.4 is 9.80 Å². The first-order chi connectivity index (χ1) is 12.7. The quantitative estimate of drug-likeness (QED) is 0.816. The van der Waals surface area contributed by atoms with Crippen LogP contribution in [-0.2, 0) is 4.74 Å². The van der Waals surface area contributed by atoms with E-state index in [0.29, 0.717) is 32.1 Å². The number of amides is 1. The van der Waals surface area contributed by atoms with Crippen LogP contribution in [0.15, 0.2) is 28.9 Å². The number of hydrogen-bond donors (Lipinski definition) is 0. The average molecular weight is 357 g/mol. The number of rotatable bonds is 3. The van der Waals surface area contributed by atoms with Gasteiger partial charge in [-0.25, -0.2) is 4.98 Å². The normalized spacial score (nSPS) is 18.3. The van der Waals surface area contributed by atoms with Crippen LogP contribution in [0.2, 0.25) is 0 Å². The molecule has 8 nitrogen and oxygen atoms in total. The SMILES string of the molecule is Cc1cc(N2CCN(C(=O)c3ccco3)CC2)nc(N2CCOCC2)n1. The summed E-state index contributed by atoms with van der Waals surface area (Å²) in [6.45, 7) is 7.82. The van der Waals surface area contributed by atoms with Crippen molar-refractivity contribution in [2.45, 2.75) is 6.92 Å². The molecular formula is C18H23N5O3. The Morgan fingerprint density at radius 1 is 1.04 bits per heavy atom. The van der Waals surface area contributed by atoms with Crippen molar-refractivity contribution in [1.82, 2.24) is 14.9 Å². The number of aromatic nitrogens is 2. The molecule has 0 aliphatic carbocycles. The van der Waals surface area contributed by atoms with Crippen molar-refractivity contribution >= 4 is 17.7 Å². The number of nitrogens with zero attached hydrogens (tertiary/aromatic N) is 5. The van der Waals surface area contributed by atoms with Crippen LogP contribution in [0.3, 0.4) is 0 Å². The summed E-state index contributed by atoms with van der Waals surface area (Å²) < 4.78 is 10.6. The Balaban J connectivity index is 1.44. The fraction of sp³-hybridized carbons (Fsp3) is 0.500. The maximum absolute atomic E-state index is 12.4. The molecule has 26 heavy (non-hydrogen) atoms. The molecule has 138 valence electrons. The number of aryl methyl sites for hydroxylation is 1. The zero-order valence-electron chi connectivity index (χ0n) is 14.9. The molecule has 8 heteroatoms. The molecule has 4 rings (SSSR count). The Hall–Kier alpha value is -2.61. The molecule has 2 fully saturated rings. The van der Waals surface area contributed by atoms with Gasteiger partial charge >= 0.3 is 0 Å². The molecule has 0 unspecified atom stereocenters. The van der Waals surface area contributed by atoms with E-state index >= 15 is 0 Å². The number of morpholine rings is 1. The van der Waals surface area contributed by atoms with Gasteiger partial charge in [-0.2, -0.15) is 4.98 Å². The first kappa shape index (κ1) is 16.8. The number of ether oxygens (including phenoxy) is 1. The Morgan fingerprint density at radius 2 is 1.81 bits per heavy atom. The van der Waals surface area contributed by atoms with E-state index in [2.05, 4.69) is 14.8 Å². The van der Waals surface area contributed by atoms with Crippen LogP contribution in [0.1, 0.15) is 16.2 Å². The van der Waals surface area contributed by atoms with Crippen molar-refractivity contribution in [3.05, 3.63) is 35.9 Å². The molecule has 4 heterocycles. The van der Waals surface area contributed by atoms with Crippen LogP contribution in [-0.4, -0.2) is 73.3 Å². The Bertz CT molecular complexity index is 750. The number of furan rings is 1. The first-order valence-electron chi connectivity index (χ1n) is 8.97. The summed E-state index contributed by atoms with van der Waals surface area (Å²) in [4.78, 5) is 27.9. The molecule has 1 amide bonds. The number of piperazine rings is 1. The zero-order valence-corrected chi connectivity index (χ0v) is 14.9. The molecule has 0 radical (unpaired) electrons. The van der Waals surface area contributed by atoms with E-state index in [-0.39, 0.29) is 5.91 Å². The maximum atomic E-state index is 12.4. The van der Waals surface area contributed by atoms with Crippen molar-refractivity contribution in [1.29, 1.82) is 0 Å². The number of hydrogen-bond acceptors (Lipinski definition) is 7. The summed E-state index contributed by atoms with van der Waals surface area (Å²) in [5, 5.41) is 0. The van der Waals surface area contributed by atoms with Gasteiger partial charge < -0.3 is 23.9 Å². The predicted molar refractivity (Wildman–Crippen MR) is 96.6 cm³/mol. The van der Waals surface area contributed by atoms with Crippen LogP contribution >= 0.6 is 0 Å². The van der Waals surface area contributed by atoms with Gasteiger partial charge in [0.15, 0.2) is 5.76 Å². The van der Waals surface area contributed by atoms with Gasteiger partial charge in [-0.3, -0.25) is 4.79 Å². The smallest absolute Gasteiger partial charge is 0.289 e. The van der Waals surface area contributed by atoms with Gasteiger partial charge in [-0.1, -0.05) is 0 Å². The maximum Gasteiger partial charge on any atom is 0.289 e. The van der Waals surface area contributed by atoms with Crippen molar-refractivity contribution < 1.29 is 13.9 Å². The summed E-state index contributed by atoms with van der Waals surface area (Å²) in [5.74, 6) is 2.02. The molecule has 0 N–H and O–H groups in total. The van der Waals surface area contributed by atoms with E-state index in [1.807, 2.05) is 17.9 Å². The fourth-order valence-electron chi connectivity index (χ4n) is 3.30. The van der Waals surface area contributed by atoms with E-state index in [1.165, 1.54) is 6.26 Å². The van der Waals surface area contributed by atoms with Crippen LogP contribution in [0.5, 0.6) is 0 Å². The molecular weight excluding hydrogens is 334 g/mol. The van der Waals surface area contributed by atoms with E-state index in [9.17, 15) is 4.79 Å².